The molecular formula is C21H14Cl2N2O4S2. The van der Waals surface area contributed by atoms with Crippen molar-refractivity contribution in [3.8, 4) is 22.6 Å². The summed E-state index contributed by atoms with van der Waals surface area (Å²) in [4.78, 5) is 24.1. The van der Waals surface area contributed by atoms with E-state index in [4.69, 9.17) is 27.9 Å². The van der Waals surface area contributed by atoms with E-state index in [0.29, 0.717) is 33.5 Å². The maximum Gasteiger partial charge on any atom is 0.268 e. The van der Waals surface area contributed by atoms with Crippen molar-refractivity contribution in [2.24, 2.45) is 0 Å². The van der Waals surface area contributed by atoms with Gasteiger partial charge in [0.05, 0.1) is 12.1 Å². The topological polar surface area (TPSA) is 87.7 Å². The Morgan fingerprint density at radius 2 is 1.74 bits per heavy atom. The molecule has 0 atom stereocenters. The lowest BCUT2D eigenvalue weighted by atomic mass is 9.99. The second-order valence-corrected chi connectivity index (χ2v) is 8.77. The Morgan fingerprint density at radius 1 is 1.03 bits per heavy atom. The average molecular weight is 493 g/mol. The van der Waals surface area contributed by atoms with E-state index in [1.807, 2.05) is 16.8 Å². The van der Waals surface area contributed by atoms with E-state index in [1.165, 1.54) is 12.1 Å². The summed E-state index contributed by atoms with van der Waals surface area (Å²) in [7, 11) is 0. The van der Waals surface area contributed by atoms with Crippen LogP contribution in [0.25, 0.3) is 17.2 Å². The first-order valence-electron chi connectivity index (χ1n) is 8.86. The van der Waals surface area contributed by atoms with Gasteiger partial charge in [-0.05, 0) is 58.3 Å². The summed E-state index contributed by atoms with van der Waals surface area (Å²) >= 11 is 14.7. The number of rotatable bonds is 5. The first-order chi connectivity index (χ1) is 14.9. The lowest BCUT2D eigenvalue weighted by Crippen LogP contribution is -2.37. The fraction of sp³-hybridized carbons (Fsp3) is 0.0476. The number of phenols is 1. The molecule has 0 bridgehead atoms. The van der Waals surface area contributed by atoms with Crippen LogP contribution in [0, 0.1) is 0 Å². The van der Waals surface area contributed by atoms with Crippen LogP contribution in [-0.4, -0.2) is 16.9 Å². The minimum absolute atomic E-state index is 0.129. The highest BCUT2D eigenvalue weighted by Gasteiger charge is 2.24. The standard InChI is InChI=1S/C21H14Cl2N2O4S2/c22-14-3-12(4-15(23)7-14)16-5-13(6-17-20(27)24-31-25-21(17)28)18(26)8-19(16)29-9-11-1-2-30-10-11/h1-8,10,26H,9H2,(H,24,27)(H,25,28). The lowest BCUT2D eigenvalue weighted by molar-refractivity contribution is -0.122. The van der Waals surface area contributed by atoms with Gasteiger partial charge in [0, 0.05) is 27.2 Å². The SMILES string of the molecule is O=C1NSNC(=O)C1=Cc1cc(-c2cc(Cl)cc(Cl)c2)c(OCc2ccsc2)cc1O. The summed E-state index contributed by atoms with van der Waals surface area (Å²) < 4.78 is 10.9. The predicted octanol–water partition coefficient (Wildman–Crippen LogP) is 5.20. The smallest absolute Gasteiger partial charge is 0.268 e. The Balaban J connectivity index is 1.80. The minimum atomic E-state index is -0.557. The van der Waals surface area contributed by atoms with Crippen LogP contribution in [0.2, 0.25) is 10.0 Å². The second kappa shape index (κ2) is 9.23. The molecular weight excluding hydrogens is 479 g/mol. The van der Waals surface area contributed by atoms with Gasteiger partial charge in [-0.1, -0.05) is 23.2 Å². The van der Waals surface area contributed by atoms with Gasteiger partial charge in [-0.15, -0.1) is 0 Å². The Labute approximate surface area is 196 Å². The number of ether oxygens (including phenoxy) is 1. The number of halogens is 2. The van der Waals surface area contributed by atoms with E-state index >= 15 is 0 Å². The molecule has 31 heavy (non-hydrogen) atoms. The molecule has 0 saturated carbocycles. The van der Waals surface area contributed by atoms with Gasteiger partial charge in [-0.3, -0.25) is 19.0 Å². The summed E-state index contributed by atoms with van der Waals surface area (Å²) in [5, 5.41) is 15.4. The molecule has 158 valence electrons. The van der Waals surface area contributed by atoms with Crippen LogP contribution in [0.3, 0.4) is 0 Å². The highest BCUT2D eigenvalue weighted by molar-refractivity contribution is 7.96. The zero-order chi connectivity index (χ0) is 22.0. The Morgan fingerprint density at radius 3 is 2.39 bits per heavy atom. The Hall–Kier alpha value is -2.65. The van der Waals surface area contributed by atoms with Crippen LogP contribution in [0.15, 0.2) is 52.7 Å². The number of carbonyl (C=O) groups is 2. The van der Waals surface area contributed by atoms with Gasteiger partial charge in [0.15, 0.2) is 0 Å². The molecule has 1 aliphatic heterocycles. The van der Waals surface area contributed by atoms with Crippen molar-refractivity contribution < 1.29 is 19.4 Å². The molecule has 0 unspecified atom stereocenters. The third-order valence-electron chi connectivity index (χ3n) is 4.35. The zero-order valence-electron chi connectivity index (χ0n) is 15.6. The molecule has 0 radical (unpaired) electrons. The summed E-state index contributed by atoms with van der Waals surface area (Å²) in [6.07, 6.45) is 1.32. The second-order valence-electron chi connectivity index (χ2n) is 6.51. The molecule has 2 heterocycles. The van der Waals surface area contributed by atoms with Crippen molar-refractivity contribution >= 4 is 64.6 Å². The highest BCUT2D eigenvalue weighted by atomic mass is 35.5. The van der Waals surface area contributed by atoms with E-state index in [1.54, 1.807) is 35.6 Å². The molecule has 1 aromatic heterocycles. The molecule has 3 N–H and O–H groups in total. The lowest BCUT2D eigenvalue weighted by Gasteiger charge is -2.16. The highest BCUT2D eigenvalue weighted by Crippen LogP contribution is 2.39. The number of hydrogen-bond donors (Lipinski definition) is 3. The molecule has 0 spiro atoms. The van der Waals surface area contributed by atoms with E-state index in [0.717, 1.165) is 17.7 Å². The number of benzene rings is 2. The Bertz CT molecular complexity index is 1160. The molecule has 2 amide bonds. The molecule has 3 aromatic rings. The van der Waals surface area contributed by atoms with Crippen molar-refractivity contribution in [1.82, 2.24) is 9.44 Å². The van der Waals surface area contributed by atoms with Crippen molar-refractivity contribution in [2.45, 2.75) is 6.61 Å². The first kappa shape index (κ1) is 21.6. The third kappa shape index (κ3) is 4.99. The monoisotopic (exact) mass is 492 g/mol. The van der Waals surface area contributed by atoms with Gasteiger partial charge in [0.2, 0.25) is 0 Å². The van der Waals surface area contributed by atoms with Gasteiger partial charge < -0.3 is 9.84 Å². The normalized spacial score (nSPS) is 13.5. The predicted molar refractivity (Wildman–Crippen MR) is 124 cm³/mol. The summed E-state index contributed by atoms with van der Waals surface area (Å²) in [5.74, 6) is -0.864. The van der Waals surface area contributed by atoms with Crippen LogP contribution >= 0.6 is 46.7 Å². The number of nitrogens with one attached hydrogen (secondary N) is 2. The molecule has 1 saturated heterocycles. The number of carbonyl (C=O) groups excluding carboxylic acids is 2. The van der Waals surface area contributed by atoms with Gasteiger partial charge in [-0.25, -0.2) is 0 Å². The van der Waals surface area contributed by atoms with Crippen LogP contribution in [-0.2, 0) is 16.2 Å². The van der Waals surface area contributed by atoms with Crippen molar-refractivity contribution in [2.75, 3.05) is 0 Å². The van der Waals surface area contributed by atoms with E-state index < -0.39 is 11.8 Å². The summed E-state index contributed by atoms with van der Waals surface area (Å²) in [6.45, 7) is 0.298. The third-order valence-corrected chi connectivity index (χ3v) is 6.10. The molecule has 0 aliphatic carbocycles. The van der Waals surface area contributed by atoms with Gasteiger partial charge in [0.1, 0.15) is 23.7 Å². The zero-order valence-corrected chi connectivity index (χ0v) is 18.8. The maximum absolute atomic E-state index is 12.1. The fourth-order valence-electron chi connectivity index (χ4n) is 2.91. The quantitative estimate of drug-likeness (QED) is 0.259. The van der Waals surface area contributed by atoms with Crippen LogP contribution in [0.5, 0.6) is 11.5 Å². The largest absolute Gasteiger partial charge is 0.507 e. The van der Waals surface area contributed by atoms with Crippen LogP contribution in [0.1, 0.15) is 11.1 Å². The van der Waals surface area contributed by atoms with Crippen molar-refractivity contribution in [3.05, 3.63) is 73.9 Å². The fourth-order valence-corrected chi connectivity index (χ4v) is 4.55. The summed E-state index contributed by atoms with van der Waals surface area (Å²) in [5.41, 5.74) is 2.37. The number of thiophene rings is 1. The number of phenolic OH excluding ortho intramolecular Hbond substituents is 1. The van der Waals surface area contributed by atoms with Crippen molar-refractivity contribution in [1.29, 1.82) is 0 Å². The Kier molecular flexibility index (Phi) is 6.43. The number of aromatic hydroxyl groups is 1. The van der Waals surface area contributed by atoms with E-state index in [-0.39, 0.29) is 16.9 Å². The maximum atomic E-state index is 12.1. The minimum Gasteiger partial charge on any atom is -0.507 e. The average Bonchev–Trinajstić information content (AvgIpc) is 3.23. The van der Waals surface area contributed by atoms with Crippen LogP contribution in [0.4, 0.5) is 0 Å². The first-order valence-corrected chi connectivity index (χ1v) is 11.4. The summed E-state index contributed by atoms with van der Waals surface area (Å²) in [6, 6.07) is 10.0. The van der Waals surface area contributed by atoms with E-state index in [9.17, 15) is 14.7 Å². The van der Waals surface area contributed by atoms with Crippen LogP contribution < -0.4 is 14.2 Å². The van der Waals surface area contributed by atoms with Gasteiger partial charge in [0.25, 0.3) is 11.8 Å². The number of hydrogen-bond acceptors (Lipinski definition) is 6. The molecule has 6 nitrogen and oxygen atoms in total. The van der Waals surface area contributed by atoms with E-state index in [2.05, 4.69) is 9.44 Å². The molecule has 1 fully saturated rings. The van der Waals surface area contributed by atoms with Gasteiger partial charge >= 0.3 is 0 Å². The number of amides is 2. The molecule has 4 rings (SSSR count). The van der Waals surface area contributed by atoms with Gasteiger partial charge in [-0.2, -0.15) is 11.3 Å². The molecule has 2 aromatic carbocycles. The van der Waals surface area contributed by atoms with Crippen molar-refractivity contribution in [3.63, 3.8) is 0 Å². The molecule has 1 aliphatic rings. The molecule has 10 heteroatoms.